The molecule has 1 N–H and O–H groups in total. The van der Waals surface area contributed by atoms with E-state index < -0.39 is 11.8 Å². The minimum atomic E-state index is -0.506. The Bertz CT molecular complexity index is 1240. The van der Waals surface area contributed by atoms with Crippen molar-refractivity contribution < 1.29 is 28.5 Å². The van der Waals surface area contributed by atoms with Crippen LogP contribution in [0.15, 0.2) is 72.3 Å². The standard InChI is InChI=1S/C26H23ClN2O6/c1-32-22-15-17(14-19-25(30)28-29(26(19)31)18-8-4-3-5-9-18)16-23(33-2)24(22)35-13-12-34-21-11-7-6-10-20(21)27/h3-11,14-16H,12-13H2,1-2H3,(H,28,30)/b19-14+. The average molecular weight is 495 g/mol. The summed E-state index contributed by atoms with van der Waals surface area (Å²) in [6.45, 7) is 0.442. The molecule has 0 unspecified atom stereocenters. The van der Waals surface area contributed by atoms with E-state index in [0.717, 1.165) is 0 Å². The molecule has 2 amide bonds. The van der Waals surface area contributed by atoms with Crippen LogP contribution in [0.25, 0.3) is 6.08 Å². The Morgan fingerprint density at radius 2 is 1.49 bits per heavy atom. The minimum Gasteiger partial charge on any atom is -0.493 e. The highest BCUT2D eigenvalue weighted by atomic mass is 35.5. The summed E-state index contributed by atoms with van der Waals surface area (Å²) >= 11 is 6.10. The molecular formula is C26H23ClN2O6. The van der Waals surface area contributed by atoms with Crippen LogP contribution < -0.4 is 29.4 Å². The van der Waals surface area contributed by atoms with Gasteiger partial charge in [-0.1, -0.05) is 41.9 Å². The number of ether oxygens (including phenoxy) is 4. The number of nitrogens with zero attached hydrogens (tertiary/aromatic N) is 1. The van der Waals surface area contributed by atoms with E-state index in [1.165, 1.54) is 25.3 Å². The SMILES string of the molecule is COc1cc(/C=C2\C(=O)NN(c3ccccc3)C2=O)cc(OC)c1OCCOc1ccccc1Cl. The monoisotopic (exact) mass is 494 g/mol. The fourth-order valence-corrected chi connectivity index (χ4v) is 3.66. The fourth-order valence-electron chi connectivity index (χ4n) is 3.47. The van der Waals surface area contributed by atoms with Crippen LogP contribution in [0.3, 0.4) is 0 Å². The Hall–Kier alpha value is -4.17. The maximum absolute atomic E-state index is 12.9. The van der Waals surface area contributed by atoms with Crippen molar-refractivity contribution in [3.05, 3.63) is 82.9 Å². The maximum Gasteiger partial charge on any atom is 0.282 e. The van der Waals surface area contributed by atoms with Crippen molar-refractivity contribution in [2.45, 2.75) is 0 Å². The first-order chi connectivity index (χ1) is 17.0. The van der Waals surface area contributed by atoms with Crippen LogP contribution in [-0.2, 0) is 9.59 Å². The van der Waals surface area contributed by atoms with Gasteiger partial charge in [0.1, 0.15) is 24.5 Å². The summed E-state index contributed by atoms with van der Waals surface area (Å²) in [5.74, 6) is 0.709. The van der Waals surface area contributed by atoms with E-state index in [2.05, 4.69) is 5.43 Å². The molecule has 180 valence electrons. The number of hydrazine groups is 1. The second kappa shape index (κ2) is 10.8. The molecule has 0 bridgehead atoms. The third-order valence-electron chi connectivity index (χ3n) is 5.12. The summed E-state index contributed by atoms with van der Waals surface area (Å²) in [5, 5.41) is 1.72. The fraction of sp³-hybridized carbons (Fsp3) is 0.154. The van der Waals surface area contributed by atoms with Crippen molar-refractivity contribution in [2.75, 3.05) is 32.4 Å². The lowest BCUT2D eigenvalue weighted by Gasteiger charge is -2.16. The summed E-state index contributed by atoms with van der Waals surface area (Å²) in [4.78, 5) is 25.4. The highest BCUT2D eigenvalue weighted by molar-refractivity contribution is 6.32. The normalized spacial score (nSPS) is 14.1. The molecule has 9 heteroatoms. The van der Waals surface area contributed by atoms with Crippen LogP contribution in [0.1, 0.15) is 5.56 Å². The van der Waals surface area contributed by atoms with Crippen LogP contribution in [0.5, 0.6) is 23.0 Å². The van der Waals surface area contributed by atoms with E-state index in [1.54, 1.807) is 48.5 Å². The Morgan fingerprint density at radius 3 is 2.14 bits per heavy atom. The molecule has 0 atom stereocenters. The van der Waals surface area contributed by atoms with E-state index in [9.17, 15) is 9.59 Å². The first-order valence-electron chi connectivity index (χ1n) is 10.7. The van der Waals surface area contributed by atoms with Gasteiger partial charge in [-0.05, 0) is 48.0 Å². The number of nitrogens with one attached hydrogen (secondary N) is 1. The minimum absolute atomic E-state index is 0.0141. The maximum atomic E-state index is 12.9. The number of hydrogen-bond acceptors (Lipinski definition) is 6. The summed E-state index contributed by atoms with van der Waals surface area (Å²) in [6.07, 6.45) is 1.48. The molecule has 4 rings (SSSR count). The number of anilines is 1. The average Bonchev–Trinajstić information content (AvgIpc) is 3.16. The summed E-state index contributed by atoms with van der Waals surface area (Å²) < 4.78 is 22.5. The quantitative estimate of drug-likeness (QED) is 0.271. The van der Waals surface area contributed by atoms with Gasteiger partial charge in [0, 0.05) is 0 Å². The van der Waals surface area contributed by atoms with Crippen molar-refractivity contribution in [1.82, 2.24) is 5.43 Å². The molecular weight excluding hydrogens is 472 g/mol. The van der Waals surface area contributed by atoms with Crippen LogP contribution >= 0.6 is 11.6 Å². The number of benzene rings is 3. The van der Waals surface area contributed by atoms with Gasteiger partial charge in [-0.15, -0.1) is 0 Å². The molecule has 1 fully saturated rings. The predicted molar refractivity (Wildman–Crippen MR) is 132 cm³/mol. The van der Waals surface area contributed by atoms with Gasteiger partial charge in [0.15, 0.2) is 11.5 Å². The molecule has 0 aliphatic carbocycles. The predicted octanol–water partition coefficient (Wildman–Crippen LogP) is 4.28. The van der Waals surface area contributed by atoms with E-state index in [0.29, 0.717) is 39.3 Å². The number of amides is 2. The smallest absolute Gasteiger partial charge is 0.282 e. The van der Waals surface area contributed by atoms with E-state index in [-0.39, 0.29) is 18.8 Å². The zero-order valence-electron chi connectivity index (χ0n) is 19.1. The molecule has 1 saturated heterocycles. The Balaban J connectivity index is 1.52. The van der Waals surface area contributed by atoms with Crippen LogP contribution in [0, 0.1) is 0 Å². The highest BCUT2D eigenvalue weighted by Gasteiger charge is 2.34. The first-order valence-corrected chi connectivity index (χ1v) is 11.1. The third-order valence-corrected chi connectivity index (χ3v) is 5.44. The van der Waals surface area contributed by atoms with Gasteiger partial charge in [-0.3, -0.25) is 15.0 Å². The van der Waals surface area contributed by atoms with Gasteiger partial charge >= 0.3 is 0 Å². The molecule has 0 saturated carbocycles. The second-order valence-corrected chi connectivity index (χ2v) is 7.76. The number of carbonyl (C=O) groups excluding carboxylic acids is 2. The van der Waals surface area contributed by atoms with Crippen LogP contribution in [-0.4, -0.2) is 39.2 Å². The summed E-state index contributed by atoms with van der Waals surface area (Å²) in [7, 11) is 2.98. The third kappa shape index (κ3) is 5.33. The topological polar surface area (TPSA) is 86.3 Å². The molecule has 35 heavy (non-hydrogen) atoms. The van der Waals surface area contributed by atoms with Crippen molar-refractivity contribution in [1.29, 1.82) is 0 Å². The Kier molecular flexibility index (Phi) is 7.42. The molecule has 1 heterocycles. The number of hydrogen-bond donors (Lipinski definition) is 1. The van der Waals surface area contributed by atoms with Gasteiger partial charge in [0.05, 0.1) is 24.9 Å². The molecule has 8 nitrogen and oxygen atoms in total. The van der Waals surface area contributed by atoms with E-state index in [4.69, 9.17) is 30.5 Å². The number of para-hydroxylation sites is 2. The van der Waals surface area contributed by atoms with Gasteiger partial charge in [0.2, 0.25) is 5.75 Å². The summed E-state index contributed by atoms with van der Waals surface area (Å²) in [6, 6.07) is 19.3. The highest BCUT2D eigenvalue weighted by Crippen LogP contribution is 2.39. The number of rotatable bonds is 9. The zero-order chi connectivity index (χ0) is 24.8. The number of halogens is 1. The van der Waals surface area contributed by atoms with Gasteiger partial charge in [0.25, 0.3) is 11.8 Å². The van der Waals surface area contributed by atoms with Crippen LogP contribution in [0.2, 0.25) is 5.02 Å². The molecule has 0 radical (unpaired) electrons. The lowest BCUT2D eigenvalue weighted by molar-refractivity contribution is -0.117. The molecule has 1 aliphatic heterocycles. The van der Waals surface area contributed by atoms with Crippen molar-refractivity contribution >= 4 is 35.2 Å². The Morgan fingerprint density at radius 1 is 0.857 bits per heavy atom. The van der Waals surface area contributed by atoms with Crippen LogP contribution in [0.4, 0.5) is 5.69 Å². The zero-order valence-corrected chi connectivity index (χ0v) is 19.9. The lowest BCUT2D eigenvalue weighted by atomic mass is 10.1. The molecule has 3 aromatic carbocycles. The van der Waals surface area contributed by atoms with Crippen molar-refractivity contribution in [3.63, 3.8) is 0 Å². The van der Waals surface area contributed by atoms with Gasteiger partial charge in [-0.2, -0.15) is 0 Å². The lowest BCUT2D eigenvalue weighted by Crippen LogP contribution is -2.35. The van der Waals surface area contributed by atoms with E-state index in [1.807, 2.05) is 18.2 Å². The van der Waals surface area contributed by atoms with Gasteiger partial charge < -0.3 is 18.9 Å². The van der Waals surface area contributed by atoms with Crippen molar-refractivity contribution in [3.8, 4) is 23.0 Å². The summed E-state index contributed by atoms with van der Waals surface area (Å²) in [5.41, 5.74) is 3.66. The molecule has 1 aliphatic rings. The second-order valence-electron chi connectivity index (χ2n) is 7.36. The molecule has 0 aromatic heterocycles. The molecule has 3 aromatic rings. The number of carbonyl (C=O) groups is 2. The molecule has 0 spiro atoms. The Labute approximate surface area is 207 Å². The first kappa shape index (κ1) is 24.0. The van der Waals surface area contributed by atoms with Gasteiger partial charge in [-0.25, -0.2) is 5.01 Å². The number of methoxy groups -OCH3 is 2. The van der Waals surface area contributed by atoms with Crippen molar-refractivity contribution in [2.24, 2.45) is 0 Å². The van der Waals surface area contributed by atoms with E-state index >= 15 is 0 Å². The largest absolute Gasteiger partial charge is 0.493 e.